The molecular formula is C23H29N5OS. The molecule has 0 atom stereocenters. The highest BCUT2D eigenvalue weighted by atomic mass is 32.2. The minimum atomic E-state index is -0.0351. The molecule has 0 saturated heterocycles. The molecule has 3 N–H and O–H groups in total. The zero-order chi connectivity index (χ0) is 21.6. The summed E-state index contributed by atoms with van der Waals surface area (Å²) < 4.78 is 1.44. The minimum Gasteiger partial charge on any atom is -0.355 e. The number of nitrogens with one attached hydrogen (secondary N) is 1. The molecule has 0 aliphatic carbocycles. The Hall–Kier alpha value is -2.80. The van der Waals surface area contributed by atoms with E-state index in [2.05, 4.69) is 60.6 Å². The van der Waals surface area contributed by atoms with Crippen LogP contribution in [0.5, 0.6) is 0 Å². The minimum absolute atomic E-state index is 0.0351. The maximum atomic E-state index is 12.1. The number of hydrogen-bond acceptors (Lipinski definition) is 5. The van der Waals surface area contributed by atoms with E-state index in [-0.39, 0.29) is 17.1 Å². The van der Waals surface area contributed by atoms with E-state index < -0.39 is 0 Å². The van der Waals surface area contributed by atoms with Crippen molar-refractivity contribution in [1.29, 1.82) is 0 Å². The molecule has 3 aromatic rings. The summed E-state index contributed by atoms with van der Waals surface area (Å²) >= 11 is 1.28. The Morgan fingerprint density at radius 3 is 2.43 bits per heavy atom. The van der Waals surface area contributed by atoms with Crippen molar-refractivity contribution < 1.29 is 4.79 Å². The number of nitrogen functional groups attached to an aromatic ring is 1. The van der Waals surface area contributed by atoms with Crippen LogP contribution in [-0.2, 0) is 16.6 Å². The summed E-state index contributed by atoms with van der Waals surface area (Å²) in [6, 6.07) is 18.4. The number of aromatic nitrogens is 3. The van der Waals surface area contributed by atoms with Crippen LogP contribution in [0.3, 0.4) is 0 Å². The molecule has 0 saturated carbocycles. The van der Waals surface area contributed by atoms with Crippen LogP contribution < -0.4 is 11.2 Å². The van der Waals surface area contributed by atoms with Gasteiger partial charge in [0.2, 0.25) is 11.1 Å². The van der Waals surface area contributed by atoms with Crippen LogP contribution in [0.4, 0.5) is 0 Å². The Bertz CT molecular complexity index is 962. The summed E-state index contributed by atoms with van der Waals surface area (Å²) in [6.45, 7) is 7.17. The summed E-state index contributed by atoms with van der Waals surface area (Å²) in [4.78, 5) is 12.1. The van der Waals surface area contributed by atoms with Crippen LogP contribution in [-0.4, -0.2) is 33.1 Å². The topological polar surface area (TPSA) is 85.8 Å². The largest absolute Gasteiger partial charge is 0.355 e. The molecule has 0 unspecified atom stereocenters. The van der Waals surface area contributed by atoms with Crippen LogP contribution in [0.2, 0.25) is 0 Å². The summed E-state index contributed by atoms with van der Waals surface area (Å²) in [5.41, 5.74) is 3.51. The predicted octanol–water partition coefficient (Wildman–Crippen LogP) is 3.80. The van der Waals surface area contributed by atoms with Gasteiger partial charge < -0.3 is 11.2 Å². The van der Waals surface area contributed by atoms with E-state index in [1.54, 1.807) is 0 Å². The molecule has 6 nitrogen and oxygen atoms in total. The molecule has 0 aliphatic rings. The SMILES string of the molecule is CC(C)(C)c1ccc(-c2nnc(SCC(=O)NCCCc3ccccc3)n2N)cc1. The highest BCUT2D eigenvalue weighted by molar-refractivity contribution is 7.99. The van der Waals surface area contributed by atoms with Crippen molar-refractivity contribution in [2.75, 3.05) is 18.1 Å². The summed E-state index contributed by atoms with van der Waals surface area (Å²) in [6.07, 6.45) is 1.85. The molecule has 7 heteroatoms. The Balaban J connectivity index is 1.48. The molecule has 158 valence electrons. The van der Waals surface area contributed by atoms with Gasteiger partial charge in [0.15, 0.2) is 5.82 Å². The highest BCUT2D eigenvalue weighted by Crippen LogP contribution is 2.26. The van der Waals surface area contributed by atoms with Crippen LogP contribution in [0.25, 0.3) is 11.4 Å². The summed E-state index contributed by atoms with van der Waals surface area (Å²) in [5.74, 6) is 6.97. The smallest absolute Gasteiger partial charge is 0.230 e. The van der Waals surface area contributed by atoms with E-state index in [1.165, 1.54) is 27.6 Å². The van der Waals surface area contributed by atoms with Crippen molar-refractivity contribution in [3.8, 4) is 11.4 Å². The van der Waals surface area contributed by atoms with Gasteiger partial charge in [-0.3, -0.25) is 4.79 Å². The summed E-state index contributed by atoms with van der Waals surface area (Å²) in [5, 5.41) is 11.8. The average Bonchev–Trinajstić information content (AvgIpc) is 3.10. The maximum absolute atomic E-state index is 12.1. The van der Waals surface area contributed by atoms with E-state index in [4.69, 9.17) is 5.84 Å². The van der Waals surface area contributed by atoms with Crippen molar-refractivity contribution in [1.82, 2.24) is 20.2 Å². The molecule has 0 fully saturated rings. The van der Waals surface area contributed by atoms with E-state index in [1.807, 2.05) is 30.3 Å². The van der Waals surface area contributed by atoms with Gasteiger partial charge in [-0.15, -0.1) is 10.2 Å². The van der Waals surface area contributed by atoms with Crippen LogP contribution >= 0.6 is 11.8 Å². The average molecular weight is 424 g/mol. The quantitative estimate of drug-likeness (QED) is 0.327. The van der Waals surface area contributed by atoms with Gasteiger partial charge in [0.25, 0.3) is 0 Å². The second-order valence-corrected chi connectivity index (χ2v) is 9.17. The number of benzene rings is 2. The van der Waals surface area contributed by atoms with Gasteiger partial charge in [-0.25, -0.2) is 4.68 Å². The second kappa shape index (κ2) is 9.80. The zero-order valence-electron chi connectivity index (χ0n) is 17.8. The molecule has 1 heterocycles. The third kappa shape index (κ3) is 5.86. The van der Waals surface area contributed by atoms with Gasteiger partial charge in [-0.1, -0.05) is 87.1 Å². The molecular weight excluding hydrogens is 394 g/mol. The van der Waals surface area contributed by atoms with E-state index >= 15 is 0 Å². The van der Waals surface area contributed by atoms with Gasteiger partial charge in [-0.05, 0) is 29.4 Å². The monoisotopic (exact) mass is 423 g/mol. The first-order valence-corrected chi connectivity index (χ1v) is 11.1. The molecule has 0 bridgehead atoms. The lowest BCUT2D eigenvalue weighted by atomic mass is 9.87. The molecule has 0 aliphatic heterocycles. The first-order valence-electron chi connectivity index (χ1n) is 10.1. The van der Waals surface area contributed by atoms with E-state index in [0.717, 1.165) is 18.4 Å². The lowest BCUT2D eigenvalue weighted by Crippen LogP contribution is -2.26. The number of carbonyl (C=O) groups is 1. The predicted molar refractivity (Wildman–Crippen MR) is 123 cm³/mol. The van der Waals surface area contributed by atoms with E-state index in [0.29, 0.717) is 17.5 Å². The zero-order valence-corrected chi connectivity index (χ0v) is 18.6. The van der Waals surface area contributed by atoms with Gasteiger partial charge in [-0.2, -0.15) is 0 Å². The van der Waals surface area contributed by atoms with Crippen LogP contribution in [0.1, 0.15) is 38.3 Å². The molecule has 0 radical (unpaired) electrons. The Morgan fingerprint density at radius 2 is 1.77 bits per heavy atom. The summed E-state index contributed by atoms with van der Waals surface area (Å²) in [7, 11) is 0. The number of rotatable bonds is 8. The number of thioether (sulfide) groups is 1. The van der Waals surface area contributed by atoms with Gasteiger partial charge in [0.05, 0.1) is 5.75 Å². The number of nitrogens with zero attached hydrogens (tertiary/aromatic N) is 3. The Labute approximate surface area is 182 Å². The first kappa shape index (κ1) is 21.9. The van der Waals surface area contributed by atoms with Gasteiger partial charge in [0.1, 0.15) is 0 Å². The molecule has 0 spiro atoms. The number of nitrogens with two attached hydrogens (primary N) is 1. The fraction of sp³-hybridized carbons (Fsp3) is 0.348. The second-order valence-electron chi connectivity index (χ2n) is 8.23. The molecule has 30 heavy (non-hydrogen) atoms. The van der Waals surface area contributed by atoms with Crippen LogP contribution in [0.15, 0.2) is 59.8 Å². The Kier molecular flexibility index (Phi) is 7.15. The van der Waals surface area contributed by atoms with Crippen molar-refractivity contribution in [2.45, 2.75) is 44.2 Å². The van der Waals surface area contributed by atoms with Crippen molar-refractivity contribution in [2.24, 2.45) is 0 Å². The van der Waals surface area contributed by atoms with Crippen molar-refractivity contribution in [3.05, 3.63) is 65.7 Å². The molecule has 1 amide bonds. The third-order valence-corrected chi connectivity index (χ3v) is 5.76. The van der Waals surface area contributed by atoms with Gasteiger partial charge >= 0.3 is 0 Å². The lowest BCUT2D eigenvalue weighted by molar-refractivity contribution is -0.118. The van der Waals surface area contributed by atoms with Crippen LogP contribution in [0, 0.1) is 0 Å². The molecule has 1 aromatic heterocycles. The first-order chi connectivity index (χ1) is 14.3. The number of amides is 1. The molecule has 3 rings (SSSR count). The van der Waals surface area contributed by atoms with E-state index in [9.17, 15) is 4.79 Å². The fourth-order valence-electron chi connectivity index (χ4n) is 3.04. The number of carbonyl (C=O) groups excluding carboxylic acids is 1. The third-order valence-electron chi connectivity index (χ3n) is 4.81. The number of aryl methyl sites for hydroxylation is 1. The van der Waals surface area contributed by atoms with Crippen molar-refractivity contribution in [3.63, 3.8) is 0 Å². The molecule has 2 aromatic carbocycles. The lowest BCUT2D eigenvalue weighted by Gasteiger charge is -2.19. The fourth-order valence-corrected chi connectivity index (χ4v) is 3.72. The Morgan fingerprint density at radius 1 is 1.07 bits per heavy atom. The normalized spacial score (nSPS) is 11.4. The highest BCUT2D eigenvalue weighted by Gasteiger charge is 2.16. The number of hydrogen-bond donors (Lipinski definition) is 2. The standard InChI is InChI=1S/C23H29N5OS/c1-23(2,3)19-13-11-18(12-14-19)21-26-27-22(28(21)24)30-16-20(29)25-15-7-10-17-8-5-4-6-9-17/h4-6,8-9,11-14H,7,10,15-16,24H2,1-3H3,(H,25,29). The van der Waals surface area contributed by atoms with Gasteiger partial charge in [0, 0.05) is 12.1 Å². The van der Waals surface area contributed by atoms with Crippen molar-refractivity contribution >= 4 is 17.7 Å². The maximum Gasteiger partial charge on any atom is 0.230 e.